The Morgan fingerprint density at radius 3 is 2.31 bits per heavy atom. The Kier molecular flexibility index (Phi) is 6.04. The Labute approximate surface area is 151 Å². The van der Waals surface area contributed by atoms with Gasteiger partial charge in [-0.15, -0.1) is 0 Å². The monoisotopic (exact) mass is 360 g/mol. The molecule has 1 saturated carbocycles. The molecule has 2 aromatic rings. The summed E-state index contributed by atoms with van der Waals surface area (Å²) in [6.07, 6.45) is 6.18. The fourth-order valence-electron chi connectivity index (χ4n) is 3.18. The highest BCUT2D eigenvalue weighted by molar-refractivity contribution is 6.06. The number of hydrogen-bond acceptors (Lipinski definition) is 3. The summed E-state index contributed by atoms with van der Waals surface area (Å²) in [5.41, 5.74) is 1.67. The lowest BCUT2D eigenvalue weighted by molar-refractivity contribution is -0.0501. The largest absolute Gasteiger partial charge is 0.434 e. The molecule has 2 N–H and O–H groups in total. The number of carbonyl (C=O) groups is 1. The van der Waals surface area contributed by atoms with Crippen LogP contribution in [0.4, 0.5) is 20.2 Å². The van der Waals surface area contributed by atoms with E-state index in [0.717, 1.165) is 5.69 Å². The molecular weight excluding hydrogens is 338 g/mol. The fourth-order valence-corrected chi connectivity index (χ4v) is 3.18. The van der Waals surface area contributed by atoms with E-state index in [1.165, 1.54) is 44.2 Å². The molecule has 2 aromatic carbocycles. The van der Waals surface area contributed by atoms with Crippen LogP contribution in [0, 0.1) is 0 Å². The molecule has 6 heteroatoms. The van der Waals surface area contributed by atoms with Gasteiger partial charge in [0.15, 0.2) is 0 Å². The average molecular weight is 360 g/mol. The van der Waals surface area contributed by atoms with Gasteiger partial charge in [0.25, 0.3) is 5.91 Å². The lowest BCUT2D eigenvalue weighted by Crippen LogP contribution is -2.22. The van der Waals surface area contributed by atoms with Crippen LogP contribution in [-0.4, -0.2) is 18.6 Å². The Morgan fingerprint density at radius 1 is 0.962 bits per heavy atom. The molecule has 1 aliphatic carbocycles. The first kappa shape index (κ1) is 18.2. The molecule has 0 radical (unpaired) electrons. The highest BCUT2D eigenvalue weighted by Gasteiger charge is 2.16. The van der Waals surface area contributed by atoms with E-state index in [0.29, 0.717) is 11.7 Å². The van der Waals surface area contributed by atoms with Gasteiger partial charge in [-0.3, -0.25) is 4.79 Å². The molecule has 1 amide bonds. The third-order valence-electron chi connectivity index (χ3n) is 4.47. The predicted molar refractivity (Wildman–Crippen MR) is 98.0 cm³/mol. The fraction of sp³-hybridized carbons (Fsp3) is 0.350. The Morgan fingerprint density at radius 2 is 1.62 bits per heavy atom. The van der Waals surface area contributed by atoms with Crippen molar-refractivity contribution in [2.75, 3.05) is 10.6 Å². The number of ether oxygens (including phenoxy) is 1. The zero-order valence-corrected chi connectivity index (χ0v) is 14.4. The second-order valence-corrected chi connectivity index (χ2v) is 6.39. The maximum Gasteiger partial charge on any atom is 0.387 e. The van der Waals surface area contributed by atoms with Crippen LogP contribution in [0.1, 0.15) is 42.5 Å². The lowest BCUT2D eigenvalue weighted by atomic mass is 9.95. The van der Waals surface area contributed by atoms with E-state index >= 15 is 0 Å². The minimum Gasteiger partial charge on any atom is -0.434 e. The molecule has 3 rings (SSSR count). The van der Waals surface area contributed by atoms with E-state index < -0.39 is 12.5 Å². The molecule has 0 aliphatic heterocycles. The van der Waals surface area contributed by atoms with Crippen molar-refractivity contribution in [2.24, 2.45) is 0 Å². The highest BCUT2D eigenvalue weighted by atomic mass is 19.3. The van der Waals surface area contributed by atoms with Crippen LogP contribution in [0.3, 0.4) is 0 Å². The van der Waals surface area contributed by atoms with E-state index in [4.69, 9.17) is 0 Å². The molecule has 1 fully saturated rings. The van der Waals surface area contributed by atoms with E-state index in [1.54, 1.807) is 24.3 Å². The maximum atomic E-state index is 12.5. The van der Waals surface area contributed by atoms with Crippen molar-refractivity contribution < 1.29 is 18.3 Å². The SMILES string of the molecule is O=C(Nc1ccc(NC2CCCCC2)cc1)c1ccccc1OC(F)F. The molecule has 4 nitrogen and oxygen atoms in total. The number of carbonyl (C=O) groups excluding carboxylic acids is 1. The highest BCUT2D eigenvalue weighted by Crippen LogP contribution is 2.24. The first-order valence-electron chi connectivity index (χ1n) is 8.83. The van der Waals surface area contributed by atoms with Gasteiger partial charge in [-0.05, 0) is 49.2 Å². The average Bonchev–Trinajstić information content (AvgIpc) is 2.64. The Balaban J connectivity index is 1.63. The molecular formula is C20H22F2N2O2. The van der Waals surface area contributed by atoms with Crippen molar-refractivity contribution in [2.45, 2.75) is 44.8 Å². The molecule has 0 atom stereocenters. The smallest absolute Gasteiger partial charge is 0.387 e. The molecule has 1 aliphatic rings. The van der Waals surface area contributed by atoms with Crippen LogP contribution in [0.5, 0.6) is 5.75 Å². The third-order valence-corrected chi connectivity index (χ3v) is 4.47. The van der Waals surface area contributed by atoms with Gasteiger partial charge in [-0.1, -0.05) is 31.4 Å². The number of nitrogens with one attached hydrogen (secondary N) is 2. The molecule has 0 unspecified atom stereocenters. The van der Waals surface area contributed by atoms with Crippen molar-refractivity contribution in [3.05, 3.63) is 54.1 Å². The Bertz CT molecular complexity index is 729. The van der Waals surface area contributed by atoms with E-state index in [2.05, 4.69) is 15.4 Å². The second kappa shape index (κ2) is 8.65. The van der Waals surface area contributed by atoms with Crippen molar-refractivity contribution >= 4 is 17.3 Å². The summed E-state index contributed by atoms with van der Waals surface area (Å²) in [5.74, 6) is -0.634. The summed E-state index contributed by atoms with van der Waals surface area (Å²) in [6.45, 7) is -2.98. The topological polar surface area (TPSA) is 50.4 Å². The Hall–Kier alpha value is -2.63. The van der Waals surface area contributed by atoms with Gasteiger partial charge >= 0.3 is 6.61 Å². The molecule has 0 bridgehead atoms. The summed E-state index contributed by atoms with van der Waals surface area (Å²) >= 11 is 0. The number of amides is 1. The van der Waals surface area contributed by atoms with Gasteiger partial charge in [-0.2, -0.15) is 8.78 Å². The number of para-hydroxylation sites is 1. The number of anilines is 2. The molecule has 138 valence electrons. The minimum atomic E-state index is -2.98. The summed E-state index contributed by atoms with van der Waals surface area (Å²) in [4.78, 5) is 12.4. The summed E-state index contributed by atoms with van der Waals surface area (Å²) in [5, 5.41) is 6.22. The first-order chi connectivity index (χ1) is 12.6. The van der Waals surface area contributed by atoms with Gasteiger partial charge in [0.2, 0.25) is 0 Å². The quantitative estimate of drug-likeness (QED) is 0.736. The van der Waals surface area contributed by atoms with Gasteiger partial charge < -0.3 is 15.4 Å². The zero-order chi connectivity index (χ0) is 18.4. The second-order valence-electron chi connectivity index (χ2n) is 6.39. The number of alkyl halides is 2. The first-order valence-corrected chi connectivity index (χ1v) is 8.83. The standard InChI is InChI=1S/C20H22F2N2O2/c21-20(22)26-18-9-5-4-8-17(18)19(25)24-16-12-10-15(11-13-16)23-14-6-2-1-3-7-14/h4-5,8-14,20,23H,1-3,6-7H2,(H,24,25). The third kappa shape index (κ3) is 4.94. The van der Waals surface area contributed by atoms with Crippen LogP contribution in [0.15, 0.2) is 48.5 Å². The number of hydrogen-bond donors (Lipinski definition) is 2. The summed E-state index contributed by atoms with van der Waals surface area (Å²) in [7, 11) is 0. The molecule has 26 heavy (non-hydrogen) atoms. The van der Waals surface area contributed by atoms with Crippen LogP contribution >= 0.6 is 0 Å². The van der Waals surface area contributed by atoms with E-state index in [9.17, 15) is 13.6 Å². The van der Waals surface area contributed by atoms with Gasteiger partial charge in [-0.25, -0.2) is 0 Å². The minimum absolute atomic E-state index is 0.0669. The van der Waals surface area contributed by atoms with Gasteiger partial charge in [0, 0.05) is 17.4 Å². The van der Waals surface area contributed by atoms with Gasteiger partial charge in [0.1, 0.15) is 5.75 Å². The molecule has 0 spiro atoms. The van der Waals surface area contributed by atoms with E-state index in [1.807, 2.05) is 12.1 Å². The molecule has 0 aromatic heterocycles. The summed E-state index contributed by atoms with van der Waals surface area (Å²) < 4.78 is 29.3. The van der Waals surface area contributed by atoms with Crippen LogP contribution in [-0.2, 0) is 0 Å². The normalized spacial score (nSPS) is 14.9. The zero-order valence-electron chi connectivity index (χ0n) is 14.4. The summed E-state index contributed by atoms with van der Waals surface area (Å²) in [6, 6.07) is 13.8. The molecule has 0 saturated heterocycles. The predicted octanol–water partition coefficient (Wildman–Crippen LogP) is 5.28. The van der Waals surface area contributed by atoms with Crippen molar-refractivity contribution in [3.63, 3.8) is 0 Å². The molecule has 0 heterocycles. The van der Waals surface area contributed by atoms with Crippen molar-refractivity contribution in [1.29, 1.82) is 0 Å². The van der Waals surface area contributed by atoms with Crippen LogP contribution in [0.2, 0.25) is 0 Å². The van der Waals surface area contributed by atoms with Crippen molar-refractivity contribution in [3.8, 4) is 5.75 Å². The van der Waals surface area contributed by atoms with Crippen LogP contribution < -0.4 is 15.4 Å². The lowest BCUT2D eigenvalue weighted by Gasteiger charge is -2.23. The maximum absolute atomic E-state index is 12.5. The van der Waals surface area contributed by atoms with Gasteiger partial charge in [0.05, 0.1) is 5.56 Å². The number of benzene rings is 2. The van der Waals surface area contributed by atoms with Crippen LogP contribution in [0.25, 0.3) is 0 Å². The number of halogens is 2. The van der Waals surface area contributed by atoms with Crippen molar-refractivity contribution in [1.82, 2.24) is 0 Å². The van der Waals surface area contributed by atoms with E-state index in [-0.39, 0.29) is 11.3 Å². The number of rotatable bonds is 6.